The van der Waals surface area contributed by atoms with Gasteiger partial charge in [-0.05, 0) is 11.8 Å². The Morgan fingerprint density at radius 3 is 2.75 bits per heavy atom. The summed E-state index contributed by atoms with van der Waals surface area (Å²) < 4.78 is 0. The molecule has 2 rings (SSSR count). The van der Waals surface area contributed by atoms with Crippen LogP contribution in [-0.4, -0.2) is 12.6 Å². The molecule has 12 heavy (non-hydrogen) atoms. The summed E-state index contributed by atoms with van der Waals surface area (Å²) in [6.07, 6.45) is 9.05. The highest BCUT2D eigenvalue weighted by atomic mass is 15.0. The second-order valence-electron chi connectivity index (χ2n) is 4.19. The van der Waals surface area contributed by atoms with E-state index in [2.05, 4.69) is 43.5 Å². The topological polar surface area (TPSA) is 12.0 Å². The second-order valence-corrected chi connectivity index (χ2v) is 4.19. The fourth-order valence-corrected chi connectivity index (χ4v) is 2.35. The molecule has 1 aliphatic heterocycles. The predicted molar refractivity (Wildman–Crippen MR) is 51.9 cm³/mol. The second kappa shape index (κ2) is 3.06. The van der Waals surface area contributed by atoms with Crippen molar-refractivity contribution in [3.8, 4) is 0 Å². The molecule has 0 saturated carbocycles. The van der Waals surface area contributed by atoms with Crippen LogP contribution >= 0.6 is 0 Å². The van der Waals surface area contributed by atoms with Gasteiger partial charge in [0.15, 0.2) is 0 Å². The normalized spacial score (nSPS) is 39.1. The van der Waals surface area contributed by atoms with Crippen LogP contribution in [0.3, 0.4) is 0 Å². The average Bonchev–Trinajstić information content (AvgIpc) is 2.47. The van der Waals surface area contributed by atoms with E-state index in [9.17, 15) is 0 Å². The van der Waals surface area contributed by atoms with Gasteiger partial charge >= 0.3 is 0 Å². The van der Waals surface area contributed by atoms with Gasteiger partial charge in [-0.15, -0.1) is 0 Å². The summed E-state index contributed by atoms with van der Waals surface area (Å²) in [6.45, 7) is 5.76. The Hall–Kier alpha value is -0.560. The van der Waals surface area contributed by atoms with Gasteiger partial charge in [-0.2, -0.15) is 0 Å². The molecule has 0 spiro atoms. The van der Waals surface area contributed by atoms with Gasteiger partial charge in [0.05, 0.1) is 0 Å². The van der Waals surface area contributed by atoms with Crippen molar-refractivity contribution in [1.82, 2.24) is 5.32 Å². The summed E-state index contributed by atoms with van der Waals surface area (Å²) in [5.74, 6) is 2.24. The van der Waals surface area contributed by atoms with E-state index in [1.165, 1.54) is 0 Å². The SMILES string of the molecule is CC(C)C1NCC2C=CC=CC21. The van der Waals surface area contributed by atoms with Gasteiger partial charge in [-0.25, -0.2) is 0 Å². The molecule has 1 heteroatoms. The maximum atomic E-state index is 3.60. The fraction of sp³-hybridized carbons (Fsp3) is 0.636. The zero-order valence-corrected chi connectivity index (χ0v) is 7.83. The van der Waals surface area contributed by atoms with E-state index in [4.69, 9.17) is 0 Å². The summed E-state index contributed by atoms with van der Waals surface area (Å²) in [5.41, 5.74) is 0. The number of fused-ring (bicyclic) bond motifs is 1. The van der Waals surface area contributed by atoms with E-state index in [0.29, 0.717) is 6.04 Å². The van der Waals surface area contributed by atoms with Crippen LogP contribution in [0.4, 0.5) is 0 Å². The van der Waals surface area contributed by atoms with E-state index >= 15 is 0 Å². The van der Waals surface area contributed by atoms with Crippen LogP contribution in [0.5, 0.6) is 0 Å². The van der Waals surface area contributed by atoms with Gasteiger partial charge in [0.25, 0.3) is 0 Å². The Balaban J connectivity index is 2.13. The molecule has 0 aromatic heterocycles. The molecule has 0 bridgehead atoms. The molecule has 1 aliphatic carbocycles. The lowest BCUT2D eigenvalue weighted by atomic mass is 9.83. The molecular formula is C11H17N. The highest BCUT2D eigenvalue weighted by Crippen LogP contribution is 2.31. The molecule has 1 N–H and O–H groups in total. The molecule has 0 aromatic carbocycles. The molecule has 1 fully saturated rings. The molecule has 0 amide bonds. The maximum Gasteiger partial charge on any atom is 0.0159 e. The van der Waals surface area contributed by atoms with Crippen molar-refractivity contribution in [1.29, 1.82) is 0 Å². The van der Waals surface area contributed by atoms with Crippen molar-refractivity contribution in [2.75, 3.05) is 6.54 Å². The van der Waals surface area contributed by atoms with Crippen LogP contribution in [-0.2, 0) is 0 Å². The van der Waals surface area contributed by atoms with Crippen LogP contribution < -0.4 is 5.32 Å². The monoisotopic (exact) mass is 163 g/mol. The summed E-state index contributed by atoms with van der Waals surface area (Å²) in [7, 11) is 0. The summed E-state index contributed by atoms with van der Waals surface area (Å²) in [6, 6.07) is 0.691. The molecule has 2 aliphatic rings. The van der Waals surface area contributed by atoms with E-state index in [-0.39, 0.29) is 0 Å². The molecular weight excluding hydrogens is 146 g/mol. The molecule has 1 nitrogen and oxygen atoms in total. The lowest BCUT2D eigenvalue weighted by Crippen LogP contribution is -2.31. The minimum atomic E-state index is 0.691. The first kappa shape index (κ1) is 8.06. The largest absolute Gasteiger partial charge is 0.313 e. The average molecular weight is 163 g/mol. The quantitative estimate of drug-likeness (QED) is 0.623. The van der Waals surface area contributed by atoms with Crippen LogP contribution in [0, 0.1) is 17.8 Å². The van der Waals surface area contributed by atoms with Gasteiger partial charge in [-0.1, -0.05) is 38.2 Å². The molecule has 66 valence electrons. The van der Waals surface area contributed by atoms with E-state index in [1.54, 1.807) is 0 Å². The van der Waals surface area contributed by atoms with E-state index in [0.717, 1.165) is 24.3 Å². The first-order valence-electron chi connectivity index (χ1n) is 4.87. The van der Waals surface area contributed by atoms with Crippen LogP contribution in [0.2, 0.25) is 0 Å². The van der Waals surface area contributed by atoms with E-state index in [1.807, 2.05) is 0 Å². The first-order valence-corrected chi connectivity index (χ1v) is 4.87. The molecule has 3 unspecified atom stereocenters. The minimum absolute atomic E-state index is 0.691. The number of hydrogen-bond acceptors (Lipinski definition) is 1. The maximum absolute atomic E-state index is 3.60. The van der Waals surface area contributed by atoms with Crippen molar-refractivity contribution >= 4 is 0 Å². The van der Waals surface area contributed by atoms with Gasteiger partial charge in [0.2, 0.25) is 0 Å². The summed E-state index contributed by atoms with van der Waals surface area (Å²) in [4.78, 5) is 0. The number of hydrogen-bond donors (Lipinski definition) is 1. The third-order valence-electron chi connectivity index (χ3n) is 3.02. The van der Waals surface area contributed by atoms with Crippen LogP contribution in [0.1, 0.15) is 13.8 Å². The smallest absolute Gasteiger partial charge is 0.0159 e. The van der Waals surface area contributed by atoms with Crippen LogP contribution in [0.25, 0.3) is 0 Å². The van der Waals surface area contributed by atoms with Crippen molar-refractivity contribution in [2.45, 2.75) is 19.9 Å². The van der Waals surface area contributed by atoms with Gasteiger partial charge in [0, 0.05) is 18.5 Å². The molecule has 0 aromatic rings. The van der Waals surface area contributed by atoms with Crippen molar-refractivity contribution in [3.05, 3.63) is 24.3 Å². The highest BCUT2D eigenvalue weighted by Gasteiger charge is 2.34. The number of nitrogens with one attached hydrogen (secondary N) is 1. The Labute approximate surface area is 74.5 Å². The lowest BCUT2D eigenvalue weighted by molar-refractivity contribution is 0.382. The molecule has 0 radical (unpaired) electrons. The third-order valence-corrected chi connectivity index (χ3v) is 3.02. The zero-order chi connectivity index (χ0) is 8.55. The third kappa shape index (κ3) is 1.22. The number of allylic oxidation sites excluding steroid dienone is 2. The Bertz CT molecular complexity index is 215. The lowest BCUT2D eigenvalue weighted by Gasteiger charge is -2.23. The van der Waals surface area contributed by atoms with Crippen molar-refractivity contribution < 1.29 is 0 Å². The Morgan fingerprint density at radius 2 is 2.00 bits per heavy atom. The molecule has 1 saturated heterocycles. The summed E-state index contributed by atoms with van der Waals surface area (Å²) >= 11 is 0. The Morgan fingerprint density at radius 1 is 1.25 bits per heavy atom. The summed E-state index contributed by atoms with van der Waals surface area (Å²) in [5, 5.41) is 3.60. The van der Waals surface area contributed by atoms with Crippen LogP contribution in [0.15, 0.2) is 24.3 Å². The number of rotatable bonds is 1. The Kier molecular flexibility index (Phi) is 2.05. The standard InChI is InChI=1S/C11H17N/c1-8(2)11-10-6-4-3-5-9(10)7-12-11/h3-6,8-12H,7H2,1-2H3. The molecule has 1 heterocycles. The van der Waals surface area contributed by atoms with Crippen molar-refractivity contribution in [3.63, 3.8) is 0 Å². The highest BCUT2D eigenvalue weighted by molar-refractivity contribution is 5.19. The molecule has 3 atom stereocenters. The van der Waals surface area contributed by atoms with E-state index < -0.39 is 0 Å². The van der Waals surface area contributed by atoms with Gasteiger partial charge in [-0.3, -0.25) is 0 Å². The predicted octanol–water partition coefficient (Wildman–Crippen LogP) is 1.97. The van der Waals surface area contributed by atoms with Crippen molar-refractivity contribution in [2.24, 2.45) is 17.8 Å². The van der Waals surface area contributed by atoms with Gasteiger partial charge in [0.1, 0.15) is 0 Å². The minimum Gasteiger partial charge on any atom is -0.313 e. The van der Waals surface area contributed by atoms with Gasteiger partial charge < -0.3 is 5.32 Å². The zero-order valence-electron chi connectivity index (χ0n) is 7.83. The first-order chi connectivity index (χ1) is 5.79. The fourth-order valence-electron chi connectivity index (χ4n) is 2.35.